The number of hydrogen-bond donors (Lipinski definition) is 2. The molecule has 0 aliphatic carbocycles. The molecule has 2 heterocycles. The van der Waals surface area contributed by atoms with E-state index in [0.29, 0.717) is 30.3 Å². The highest BCUT2D eigenvalue weighted by Crippen LogP contribution is 2.30. The SMILES string of the molecule is CC(C)N1CCC2(CC1)NC(=O)N(CCC(N)=S)C2=O. The standard InChI is InChI=1S/C13H22N4O2S/c1-9(2)16-7-4-13(5-8-16)11(18)17(12(19)15-13)6-3-10(14)20/h9H,3-8H2,1-2H3,(H2,14,20)(H,15,19). The molecule has 0 bridgehead atoms. The molecule has 112 valence electrons. The van der Waals surface area contributed by atoms with Crippen LogP contribution in [0.2, 0.25) is 0 Å². The molecule has 6 nitrogen and oxygen atoms in total. The maximum Gasteiger partial charge on any atom is 0.325 e. The van der Waals surface area contributed by atoms with E-state index in [1.165, 1.54) is 4.90 Å². The predicted molar refractivity (Wildman–Crippen MR) is 80.3 cm³/mol. The lowest BCUT2D eigenvalue weighted by atomic mass is 9.87. The third-order valence-corrected chi connectivity index (χ3v) is 4.41. The van der Waals surface area contributed by atoms with Gasteiger partial charge in [-0.05, 0) is 26.7 Å². The van der Waals surface area contributed by atoms with Crippen LogP contribution in [-0.4, -0.2) is 57.9 Å². The Bertz CT molecular complexity index is 430. The van der Waals surface area contributed by atoms with Gasteiger partial charge in [-0.2, -0.15) is 0 Å². The second kappa shape index (κ2) is 5.65. The van der Waals surface area contributed by atoms with Gasteiger partial charge >= 0.3 is 6.03 Å². The van der Waals surface area contributed by atoms with Gasteiger partial charge in [0.1, 0.15) is 5.54 Å². The van der Waals surface area contributed by atoms with Gasteiger partial charge in [0.25, 0.3) is 5.91 Å². The van der Waals surface area contributed by atoms with Crippen LogP contribution in [0.4, 0.5) is 4.79 Å². The van der Waals surface area contributed by atoms with Crippen molar-refractivity contribution in [3.05, 3.63) is 0 Å². The number of amides is 3. The Morgan fingerprint density at radius 2 is 2.00 bits per heavy atom. The molecular weight excluding hydrogens is 276 g/mol. The van der Waals surface area contributed by atoms with Crippen LogP contribution in [0.5, 0.6) is 0 Å². The van der Waals surface area contributed by atoms with Gasteiger partial charge in [0.15, 0.2) is 0 Å². The zero-order chi connectivity index (χ0) is 14.9. The first-order valence-electron chi connectivity index (χ1n) is 7.02. The lowest BCUT2D eigenvalue weighted by Gasteiger charge is -2.39. The van der Waals surface area contributed by atoms with Crippen LogP contribution < -0.4 is 11.1 Å². The Labute approximate surface area is 124 Å². The first-order chi connectivity index (χ1) is 9.35. The smallest absolute Gasteiger partial charge is 0.325 e. The molecule has 2 fully saturated rings. The van der Waals surface area contributed by atoms with Gasteiger partial charge in [-0.25, -0.2) is 4.79 Å². The molecular formula is C13H22N4O2S. The van der Waals surface area contributed by atoms with Gasteiger partial charge in [-0.15, -0.1) is 0 Å². The number of imide groups is 1. The fourth-order valence-corrected chi connectivity index (χ4v) is 2.95. The number of piperidine rings is 1. The molecule has 0 saturated carbocycles. The summed E-state index contributed by atoms with van der Waals surface area (Å²) in [5.74, 6) is -0.123. The summed E-state index contributed by atoms with van der Waals surface area (Å²) in [4.78, 5) is 28.4. The fourth-order valence-electron chi connectivity index (χ4n) is 2.86. The van der Waals surface area contributed by atoms with Gasteiger partial charge in [0, 0.05) is 32.1 Å². The van der Waals surface area contributed by atoms with Crippen molar-refractivity contribution in [1.82, 2.24) is 15.1 Å². The molecule has 7 heteroatoms. The number of likely N-dealkylation sites (tertiary alicyclic amines) is 1. The zero-order valence-electron chi connectivity index (χ0n) is 12.0. The molecule has 0 aromatic heterocycles. The molecule has 2 aliphatic heterocycles. The summed E-state index contributed by atoms with van der Waals surface area (Å²) < 4.78 is 0. The first kappa shape index (κ1) is 15.2. The van der Waals surface area contributed by atoms with E-state index in [2.05, 4.69) is 24.1 Å². The van der Waals surface area contributed by atoms with E-state index in [1.807, 2.05) is 0 Å². The lowest BCUT2D eigenvalue weighted by molar-refractivity contribution is -0.133. The molecule has 0 unspecified atom stereocenters. The molecule has 20 heavy (non-hydrogen) atoms. The highest BCUT2D eigenvalue weighted by Gasteiger charge is 2.52. The van der Waals surface area contributed by atoms with Gasteiger partial charge in [0.05, 0.1) is 4.99 Å². The van der Waals surface area contributed by atoms with Crippen molar-refractivity contribution in [3.8, 4) is 0 Å². The number of urea groups is 1. The Morgan fingerprint density at radius 1 is 1.40 bits per heavy atom. The second-order valence-corrected chi connectivity index (χ2v) is 6.34. The van der Waals surface area contributed by atoms with Crippen molar-refractivity contribution in [2.45, 2.75) is 44.7 Å². The molecule has 2 rings (SSSR count). The summed E-state index contributed by atoms with van der Waals surface area (Å²) in [6, 6.07) is 0.148. The number of nitrogens with two attached hydrogens (primary N) is 1. The van der Waals surface area contributed by atoms with Crippen LogP contribution in [0, 0.1) is 0 Å². The number of carbonyl (C=O) groups is 2. The quantitative estimate of drug-likeness (QED) is 0.582. The van der Waals surface area contributed by atoms with Gasteiger partial charge < -0.3 is 16.0 Å². The summed E-state index contributed by atoms with van der Waals surface area (Å²) in [6.45, 7) is 6.21. The van der Waals surface area contributed by atoms with Crippen molar-refractivity contribution in [3.63, 3.8) is 0 Å². The van der Waals surface area contributed by atoms with Crippen molar-refractivity contribution in [1.29, 1.82) is 0 Å². The minimum atomic E-state index is -0.710. The molecule has 0 aromatic carbocycles. The molecule has 3 amide bonds. The van der Waals surface area contributed by atoms with E-state index in [9.17, 15) is 9.59 Å². The summed E-state index contributed by atoms with van der Waals surface area (Å²) in [7, 11) is 0. The van der Waals surface area contributed by atoms with Crippen LogP contribution in [0.25, 0.3) is 0 Å². The topological polar surface area (TPSA) is 78.7 Å². The average Bonchev–Trinajstić information content (AvgIpc) is 2.59. The Hall–Kier alpha value is -1.21. The Kier molecular flexibility index (Phi) is 4.29. The van der Waals surface area contributed by atoms with E-state index < -0.39 is 5.54 Å². The molecule has 1 spiro atoms. The van der Waals surface area contributed by atoms with Gasteiger partial charge in [-0.1, -0.05) is 12.2 Å². The summed E-state index contributed by atoms with van der Waals surface area (Å²) in [6.07, 6.45) is 1.71. The minimum absolute atomic E-state index is 0.123. The van der Waals surface area contributed by atoms with E-state index in [0.717, 1.165) is 13.1 Å². The molecule has 2 saturated heterocycles. The van der Waals surface area contributed by atoms with Crippen molar-refractivity contribution >= 4 is 29.1 Å². The van der Waals surface area contributed by atoms with E-state index in [-0.39, 0.29) is 18.5 Å². The van der Waals surface area contributed by atoms with Gasteiger partial charge in [-0.3, -0.25) is 9.69 Å². The Morgan fingerprint density at radius 3 is 2.50 bits per heavy atom. The van der Waals surface area contributed by atoms with Crippen LogP contribution in [0.3, 0.4) is 0 Å². The van der Waals surface area contributed by atoms with Crippen LogP contribution in [-0.2, 0) is 4.79 Å². The van der Waals surface area contributed by atoms with Crippen molar-refractivity contribution < 1.29 is 9.59 Å². The number of rotatable bonds is 4. The van der Waals surface area contributed by atoms with E-state index in [4.69, 9.17) is 18.0 Å². The molecule has 0 atom stereocenters. The van der Waals surface area contributed by atoms with Crippen molar-refractivity contribution in [2.24, 2.45) is 5.73 Å². The highest BCUT2D eigenvalue weighted by molar-refractivity contribution is 7.80. The maximum absolute atomic E-state index is 12.5. The summed E-state index contributed by atoms with van der Waals surface area (Å²) in [5, 5.41) is 2.88. The molecule has 2 aliphatic rings. The normalized spacial score (nSPS) is 22.6. The molecule has 0 radical (unpaired) electrons. The number of hydrogen-bond acceptors (Lipinski definition) is 4. The van der Waals surface area contributed by atoms with Gasteiger partial charge in [0.2, 0.25) is 0 Å². The zero-order valence-corrected chi connectivity index (χ0v) is 12.8. The highest BCUT2D eigenvalue weighted by atomic mass is 32.1. The monoisotopic (exact) mass is 298 g/mol. The lowest BCUT2D eigenvalue weighted by Crippen LogP contribution is -2.56. The summed E-state index contributed by atoms with van der Waals surface area (Å²) >= 11 is 4.80. The fraction of sp³-hybridized carbons (Fsp3) is 0.769. The third-order valence-electron chi connectivity index (χ3n) is 4.21. The molecule has 3 N–H and O–H groups in total. The van der Waals surface area contributed by atoms with E-state index in [1.54, 1.807) is 0 Å². The molecule has 0 aromatic rings. The predicted octanol–water partition coefficient (Wildman–Crippen LogP) is 0.457. The van der Waals surface area contributed by atoms with Crippen LogP contribution in [0.1, 0.15) is 33.1 Å². The minimum Gasteiger partial charge on any atom is -0.393 e. The Balaban J connectivity index is 2.03. The first-order valence-corrected chi connectivity index (χ1v) is 7.43. The third kappa shape index (κ3) is 2.78. The van der Waals surface area contributed by atoms with Crippen molar-refractivity contribution in [2.75, 3.05) is 19.6 Å². The number of carbonyl (C=O) groups excluding carboxylic acids is 2. The average molecular weight is 298 g/mol. The second-order valence-electron chi connectivity index (χ2n) is 5.82. The number of thiocarbonyl (C=S) groups is 1. The number of nitrogens with zero attached hydrogens (tertiary/aromatic N) is 2. The maximum atomic E-state index is 12.5. The summed E-state index contributed by atoms with van der Waals surface area (Å²) in [5.41, 5.74) is 4.73. The number of nitrogens with one attached hydrogen (secondary N) is 1. The largest absolute Gasteiger partial charge is 0.393 e. The van der Waals surface area contributed by atoms with Crippen LogP contribution >= 0.6 is 12.2 Å². The van der Waals surface area contributed by atoms with Crippen LogP contribution in [0.15, 0.2) is 0 Å². The van der Waals surface area contributed by atoms with E-state index >= 15 is 0 Å².